The Morgan fingerprint density at radius 1 is 1.58 bits per heavy atom. The maximum absolute atomic E-state index is 11.9. The molecule has 0 saturated heterocycles. The molecule has 6 heteroatoms. The van der Waals surface area contributed by atoms with Crippen molar-refractivity contribution in [2.75, 3.05) is 13.6 Å². The number of likely N-dealkylation sites (N-methyl/N-ethyl adjacent to an activating group) is 1. The Hall–Kier alpha value is -1.43. The third-order valence-electron chi connectivity index (χ3n) is 3.49. The first-order valence-electron chi connectivity index (χ1n) is 6.91. The van der Waals surface area contributed by atoms with Crippen molar-refractivity contribution in [3.8, 4) is 0 Å². The van der Waals surface area contributed by atoms with Gasteiger partial charge in [-0.2, -0.15) is 0 Å². The van der Waals surface area contributed by atoms with Gasteiger partial charge >= 0.3 is 0 Å². The van der Waals surface area contributed by atoms with Crippen LogP contribution in [-0.2, 0) is 17.9 Å². The lowest BCUT2D eigenvalue weighted by Gasteiger charge is -2.20. The first-order valence-corrected chi connectivity index (χ1v) is 6.91. The molecule has 0 spiro atoms. The number of hydrogen-bond donors (Lipinski definition) is 1. The van der Waals surface area contributed by atoms with Crippen LogP contribution < -0.4 is 5.32 Å². The van der Waals surface area contributed by atoms with Gasteiger partial charge in [0.1, 0.15) is 6.54 Å². The van der Waals surface area contributed by atoms with E-state index >= 15 is 0 Å². The van der Waals surface area contributed by atoms with Crippen molar-refractivity contribution in [1.82, 2.24) is 25.2 Å². The predicted octanol–water partition coefficient (Wildman–Crippen LogP) is 0.644. The van der Waals surface area contributed by atoms with E-state index in [4.69, 9.17) is 0 Å². The molecule has 0 atom stereocenters. The van der Waals surface area contributed by atoms with Gasteiger partial charge in [-0.1, -0.05) is 5.21 Å². The third kappa shape index (κ3) is 4.31. The molecule has 1 heterocycles. The molecule has 19 heavy (non-hydrogen) atoms. The fourth-order valence-corrected chi connectivity index (χ4v) is 1.76. The zero-order chi connectivity index (χ0) is 13.8. The summed E-state index contributed by atoms with van der Waals surface area (Å²) in [6.07, 6.45) is 4.53. The monoisotopic (exact) mass is 265 g/mol. The third-order valence-corrected chi connectivity index (χ3v) is 3.49. The first kappa shape index (κ1) is 14.0. The smallest absolute Gasteiger partial charge is 0.244 e. The summed E-state index contributed by atoms with van der Waals surface area (Å²) in [5.74, 6) is 0.911. The van der Waals surface area contributed by atoms with Gasteiger partial charge in [-0.05, 0) is 39.2 Å². The van der Waals surface area contributed by atoms with Gasteiger partial charge < -0.3 is 10.2 Å². The van der Waals surface area contributed by atoms with Crippen LogP contribution in [0.5, 0.6) is 0 Å². The quantitative estimate of drug-likeness (QED) is 0.786. The summed E-state index contributed by atoms with van der Waals surface area (Å²) < 4.78 is 1.61. The number of hydrogen-bond acceptors (Lipinski definition) is 4. The molecule has 1 saturated carbocycles. The zero-order valence-corrected chi connectivity index (χ0v) is 12.0. The second kappa shape index (κ2) is 6.14. The van der Waals surface area contributed by atoms with Crippen molar-refractivity contribution in [2.24, 2.45) is 5.92 Å². The fraction of sp³-hybridized carbons (Fsp3) is 0.769. The Balaban J connectivity index is 1.77. The number of aromatic nitrogens is 3. The molecule has 1 N–H and O–H groups in total. The molecule has 0 bridgehead atoms. The Bertz CT molecular complexity index is 424. The number of nitrogens with one attached hydrogen (secondary N) is 1. The van der Waals surface area contributed by atoms with Gasteiger partial charge in [0.25, 0.3) is 0 Å². The molecular weight excluding hydrogens is 242 g/mol. The molecule has 2 rings (SSSR count). The Labute approximate surface area is 114 Å². The van der Waals surface area contributed by atoms with Gasteiger partial charge in [-0.25, -0.2) is 4.68 Å². The average molecular weight is 265 g/mol. The van der Waals surface area contributed by atoms with Crippen molar-refractivity contribution in [2.45, 2.75) is 45.8 Å². The lowest BCUT2D eigenvalue weighted by Crippen LogP contribution is -2.35. The molecule has 106 valence electrons. The summed E-state index contributed by atoms with van der Waals surface area (Å²) >= 11 is 0. The highest BCUT2D eigenvalue weighted by atomic mass is 16.2. The number of carbonyl (C=O) groups excluding carboxylic acids is 1. The highest BCUT2D eigenvalue weighted by molar-refractivity contribution is 5.75. The summed E-state index contributed by atoms with van der Waals surface area (Å²) in [6, 6.07) is 0.204. The van der Waals surface area contributed by atoms with Crippen molar-refractivity contribution in [3.05, 3.63) is 11.9 Å². The van der Waals surface area contributed by atoms with Crippen LogP contribution in [0.4, 0.5) is 0 Å². The molecule has 0 aromatic carbocycles. The van der Waals surface area contributed by atoms with E-state index in [2.05, 4.69) is 15.6 Å². The SMILES string of the molecule is CC(C)N(C)C(=O)Cn1cc(CNCC2CC2)nn1. The lowest BCUT2D eigenvalue weighted by atomic mass is 10.3. The van der Waals surface area contributed by atoms with Crippen molar-refractivity contribution < 1.29 is 4.79 Å². The van der Waals surface area contributed by atoms with Gasteiger partial charge in [0, 0.05) is 19.6 Å². The van der Waals surface area contributed by atoms with Gasteiger partial charge in [0.15, 0.2) is 0 Å². The maximum Gasteiger partial charge on any atom is 0.244 e. The van der Waals surface area contributed by atoms with Gasteiger partial charge in [-0.3, -0.25) is 4.79 Å². The van der Waals surface area contributed by atoms with Crippen LogP contribution in [0.3, 0.4) is 0 Å². The van der Waals surface area contributed by atoms with Gasteiger partial charge in [-0.15, -0.1) is 5.10 Å². The van der Waals surface area contributed by atoms with Crippen molar-refractivity contribution in [3.63, 3.8) is 0 Å². The van der Waals surface area contributed by atoms with E-state index in [1.807, 2.05) is 27.1 Å². The van der Waals surface area contributed by atoms with Crippen LogP contribution in [0.15, 0.2) is 6.20 Å². The van der Waals surface area contributed by atoms with E-state index in [1.165, 1.54) is 12.8 Å². The molecule has 6 nitrogen and oxygen atoms in total. The molecular formula is C13H23N5O. The average Bonchev–Trinajstić information content (AvgIpc) is 3.08. The second-order valence-electron chi connectivity index (χ2n) is 5.58. The van der Waals surface area contributed by atoms with E-state index < -0.39 is 0 Å². The molecule has 0 unspecified atom stereocenters. The minimum atomic E-state index is 0.0531. The predicted molar refractivity (Wildman–Crippen MR) is 72.4 cm³/mol. The largest absolute Gasteiger partial charge is 0.342 e. The first-order chi connectivity index (χ1) is 9.06. The van der Waals surface area contributed by atoms with Crippen LogP contribution in [0.25, 0.3) is 0 Å². The van der Waals surface area contributed by atoms with E-state index in [-0.39, 0.29) is 18.5 Å². The van der Waals surface area contributed by atoms with E-state index in [0.29, 0.717) is 0 Å². The van der Waals surface area contributed by atoms with Crippen LogP contribution in [0.2, 0.25) is 0 Å². The van der Waals surface area contributed by atoms with Gasteiger partial charge in [0.2, 0.25) is 5.91 Å². The molecule has 0 radical (unpaired) electrons. The fourth-order valence-electron chi connectivity index (χ4n) is 1.76. The van der Waals surface area contributed by atoms with Crippen LogP contribution in [0.1, 0.15) is 32.4 Å². The standard InChI is InChI=1S/C13H23N5O/c1-10(2)17(3)13(19)9-18-8-12(15-16-18)7-14-6-11-4-5-11/h8,10-11,14H,4-7,9H2,1-3H3. The summed E-state index contributed by atoms with van der Waals surface area (Å²) in [7, 11) is 1.81. The highest BCUT2D eigenvalue weighted by Crippen LogP contribution is 2.27. The normalized spacial score (nSPS) is 14.9. The zero-order valence-electron chi connectivity index (χ0n) is 12.0. The molecule has 1 aromatic rings. The molecule has 1 amide bonds. The van der Waals surface area contributed by atoms with E-state index in [1.54, 1.807) is 9.58 Å². The maximum atomic E-state index is 11.9. The minimum absolute atomic E-state index is 0.0531. The van der Waals surface area contributed by atoms with Crippen molar-refractivity contribution >= 4 is 5.91 Å². The second-order valence-corrected chi connectivity index (χ2v) is 5.58. The number of rotatable bonds is 7. The number of nitrogens with zero attached hydrogens (tertiary/aromatic N) is 4. The number of amides is 1. The van der Waals surface area contributed by atoms with Crippen LogP contribution in [-0.4, -0.2) is 45.4 Å². The van der Waals surface area contributed by atoms with Crippen LogP contribution >= 0.6 is 0 Å². The van der Waals surface area contributed by atoms with E-state index in [0.717, 1.165) is 24.7 Å². The molecule has 0 aliphatic heterocycles. The molecule has 1 aliphatic rings. The van der Waals surface area contributed by atoms with Crippen molar-refractivity contribution in [1.29, 1.82) is 0 Å². The molecule has 1 aliphatic carbocycles. The summed E-state index contributed by atoms with van der Waals surface area (Å²) in [6.45, 7) is 6.02. The minimum Gasteiger partial charge on any atom is -0.342 e. The Morgan fingerprint density at radius 3 is 2.95 bits per heavy atom. The Morgan fingerprint density at radius 2 is 2.32 bits per heavy atom. The lowest BCUT2D eigenvalue weighted by molar-refractivity contribution is -0.132. The Kier molecular flexibility index (Phi) is 4.52. The highest BCUT2D eigenvalue weighted by Gasteiger charge is 2.20. The topological polar surface area (TPSA) is 63.1 Å². The number of carbonyl (C=O) groups is 1. The van der Waals surface area contributed by atoms with Gasteiger partial charge in [0.05, 0.1) is 11.9 Å². The molecule has 1 aromatic heterocycles. The summed E-state index contributed by atoms with van der Waals surface area (Å²) in [4.78, 5) is 13.6. The summed E-state index contributed by atoms with van der Waals surface area (Å²) in [5.41, 5.74) is 0.889. The van der Waals surface area contributed by atoms with E-state index in [9.17, 15) is 4.79 Å². The van der Waals surface area contributed by atoms with Crippen LogP contribution in [0, 0.1) is 5.92 Å². The molecule has 1 fully saturated rings. The summed E-state index contributed by atoms with van der Waals surface area (Å²) in [5, 5.41) is 11.4.